The average molecular weight is 367 g/mol. The fourth-order valence-electron chi connectivity index (χ4n) is 2.11. The van der Waals surface area contributed by atoms with Crippen molar-refractivity contribution in [3.63, 3.8) is 0 Å². The Morgan fingerprint density at radius 1 is 0.880 bits per heavy atom. The Kier molecular flexibility index (Phi) is 6.49. The highest BCUT2D eigenvalue weighted by Gasteiger charge is 2.19. The summed E-state index contributed by atoms with van der Waals surface area (Å²) in [6.07, 6.45) is 0. The zero-order valence-corrected chi connectivity index (χ0v) is 15.1. The fraction of sp³-hybridized carbons (Fsp3) is 0.294. The van der Waals surface area contributed by atoms with Crippen LogP contribution in [-0.4, -0.2) is 42.9 Å². The first-order valence-electron chi connectivity index (χ1n) is 7.48. The number of rotatable bonds is 9. The summed E-state index contributed by atoms with van der Waals surface area (Å²) < 4.78 is 48.1. The number of methoxy groups -OCH3 is 3. The van der Waals surface area contributed by atoms with Crippen molar-refractivity contribution in [3.05, 3.63) is 42.5 Å². The predicted molar refractivity (Wildman–Crippen MR) is 93.2 cm³/mol. The van der Waals surface area contributed by atoms with Gasteiger partial charge in [0.15, 0.2) is 0 Å². The van der Waals surface area contributed by atoms with Crippen LogP contribution in [0.4, 0.5) is 0 Å². The van der Waals surface area contributed by atoms with Crippen LogP contribution in [0.15, 0.2) is 47.4 Å². The van der Waals surface area contributed by atoms with Gasteiger partial charge in [-0.1, -0.05) is 6.07 Å². The van der Waals surface area contributed by atoms with E-state index >= 15 is 0 Å². The molecule has 136 valence electrons. The molecule has 8 heteroatoms. The summed E-state index contributed by atoms with van der Waals surface area (Å²) in [6.45, 7) is 0.277. The van der Waals surface area contributed by atoms with Gasteiger partial charge in [0.2, 0.25) is 10.0 Å². The lowest BCUT2D eigenvalue weighted by atomic mass is 10.3. The highest BCUT2D eigenvalue weighted by molar-refractivity contribution is 7.89. The van der Waals surface area contributed by atoms with E-state index in [0.29, 0.717) is 17.2 Å². The second-order valence-electron chi connectivity index (χ2n) is 4.94. The van der Waals surface area contributed by atoms with Crippen LogP contribution < -0.4 is 23.7 Å². The first-order valence-corrected chi connectivity index (χ1v) is 8.97. The fourth-order valence-corrected chi connectivity index (χ4v) is 3.27. The van der Waals surface area contributed by atoms with Crippen molar-refractivity contribution >= 4 is 10.0 Å². The zero-order chi connectivity index (χ0) is 18.3. The van der Waals surface area contributed by atoms with E-state index in [1.54, 1.807) is 37.4 Å². The smallest absolute Gasteiger partial charge is 0.244 e. The van der Waals surface area contributed by atoms with E-state index < -0.39 is 10.0 Å². The van der Waals surface area contributed by atoms with E-state index in [2.05, 4.69) is 4.72 Å². The summed E-state index contributed by atoms with van der Waals surface area (Å²) in [4.78, 5) is 0.0391. The number of sulfonamides is 1. The summed E-state index contributed by atoms with van der Waals surface area (Å²) in [7, 11) is 0.734. The van der Waals surface area contributed by atoms with E-state index in [4.69, 9.17) is 18.9 Å². The molecule has 7 nitrogen and oxygen atoms in total. The normalized spacial score (nSPS) is 11.0. The Balaban J connectivity index is 1.97. The van der Waals surface area contributed by atoms with Gasteiger partial charge < -0.3 is 18.9 Å². The van der Waals surface area contributed by atoms with Gasteiger partial charge in [-0.3, -0.25) is 0 Å². The van der Waals surface area contributed by atoms with Crippen molar-refractivity contribution in [3.8, 4) is 23.0 Å². The third-order valence-electron chi connectivity index (χ3n) is 3.36. The van der Waals surface area contributed by atoms with Gasteiger partial charge in [0.05, 0.1) is 21.3 Å². The van der Waals surface area contributed by atoms with Crippen LogP contribution in [0.3, 0.4) is 0 Å². The molecule has 0 atom stereocenters. The maximum Gasteiger partial charge on any atom is 0.244 e. The second-order valence-corrected chi connectivity index (χ2v) is 6.68. The van der Waals surface area contributed by atoms with Gasteiger partial charge in [-0.05, 0) is 24.3 Å². The first kappa shape index (κ1) is 18.9. The average Bonchev–Trinajstić information content (AvgIpc) is 2.64. The van der Waals surface area contributed by atoms with Gasteiger partial charge in [0, 0.05) is 18.7 Å². The molecule has 0 amide bonds. The lowest BCUT2D eigenvalue weighted by Crippen LogP contribution is -2.28. The molecule has 0 saturated heterocycles. The molecular weight excluding hydrogens is 346 g/mol. The Labute approximate surface area is 147 Å². The van der Waals surface area contributed by atoms with Gasteiger partial charge in [0.1, 0.15) is 34.5 Å². The SMILES string of the molecule is COc1cccc(OCCNS(=O)(=O)c2ccc(OC)cc2OC)c1. The van der Waals surface area contributed by atoms with E-state index in [0.717, 1.165) is 0 Å². The number of nitrogens with one attached hydrogen (secondary N) is 1. The number of hydrogen-bond donors (Lipinski definition) is 1. The van der Waals surface area contributed by atoms with Crippen molar-refractivity contribution < 1.29 is 27.4 Å². The molecule has 0 aliphatic heterocycles. The van der Waals surface area contributed by atoms with Crippen LogP contribution in [0.25, 0.3) is 0 Å². The number of ether oxygens (including phenoxy) is 4. The molecule has 0 fully saturated rings. The van der Waals surface area contributed by atoms with Crippen molar-refractivity contribution in [2.45, 2.75) is 4.90 Å². The van der Waals surface area contributed by atoms with Crippen molar-refractivity contribution in [1.29, 1.82) is 0 Å². The maximum absolute atomic E-state index is 12.4. The third kappa shape index (κ3) is 5.01. The summed E-state index contributed by atoms with van der Waals surface area (Å²) >= 11 is 0. The first-order chi connectivity index (χ1) is 12.0. The summed E-state index contributed by atoms with van der Waals surface area (Å²) in [5.74, 6) is 1.99. The quantitative estimate of drug-likeness (QED) is 0.683. The van der Waals surface area contributed by atoms with Crippen LogP contribution in [0.2, 0.25) is 0 Å². The monoisotopic (exact) mass is 367 g/mol. The van der Waals surface area contributed by atoms with Crippen molar-refractivity contribution in [2.24, 2.45) is 0 Å². The van der Waals surface area contributed by atoms with E-state index in [1.165, 1.54) is 26.4 Å². The van der Waals surface area contributed by atoms with Crippen LogP contribution in [0.1, 0.15) is 0 Å². The molecule has 2 aromatic rings. The molecule has 25 heavy (non-hydrogen) atoms. The predicted octanol–water partition coefficient (Wildman–Crippen LogP) is 2.07. The minimum absolute atomic E-state index is 0.0391. The highest BCUT2D eigenvalue weighted by Crippen LogP contribution is 2.28. The molecule has 0 unspecified atom stereocenters. The minimum atomic E-state index is -3.73. The van der Waals surface area contributed by atoms with Gasteiger partial charge in [-0.15, -0.1) is 0 Å². The molecule has 0 spiro atoms. The Morgan fingerprint density at radius 3 is 2.24 bits per heavy atom. The van der Waals surface area contributed by atoms with Gasteiger partial charge in [-0.25, -0.2) is 13.1 Å². The molecule has 2 aromatic carbocycles. The highest BCUT2D eigenvalue weighted by atomic mass is 32.2. The van der Waals surface area contributed by atoms with Crippen molar-refractivity contribution in [2.75, 3.05) is 34.5 Å². The van der Waals surface area contributed by atoms with Crippen LogP contribution in [-0.2, 0) is 10.0 Å². The Morgan fingerprint density at radius 2 is 1.56 bits per heavy atom. The molecule has 0 heterocycles. The van der Waals surface area contributed by atoms with E-state index in [-0.39, 0.29) is 23.8 Å². The second kappa shape index (κ2) is 8.59. The molecule has 0 bridgehead atoms. The minimum Gasteiger partial charge on any atom is -0.497 e. The number of benzene rings is 2. The lowest BCUT2D eigenvalue weighted by Gasteiger charge is -2.12. The summed E-state index contributed by atoms with van der Waals surface area (Å²) in [6, 6.07) is 11.6. The topological polar surface area (TPSA) is 83.1 Å². The van der Waals surface area contributed by atoms with Crippen LogP contribution in [0, 0.1) is 0 Å². The largest absolute Gasteiger partial charge is 0.497 e. The maximum atomic E-state index is 12.4. The summed E-state index contributed by atoms with van der Waals surface area (Å²) in [5.41, 5.74) is 0. The third-order valence-corrected chi connectivity index (χ3v) is 4.86. The van der Waals surface area contributed by atoms with Gasteiger partial charge in [0.25, 0.3) is 0 Å². The van der Waals surface area contributed by atoms with Gasteiger partial charge >= 0.3 is 0 Å². The van der Waals surface area contributed by atoms with Crippen LogP contribution >= 0.6 is 0 Å². The molecule has 2 rings (SSSR count). The summed E-state index contributed by atoms with van der Waals surface area (Å²) in [5, 5.41) is 0. The molecule has 0 aliphatic rings. The molecule has 0 radical (unpaired) electrons. The molecule has 0 saturated carbocycles. The molecule has 0 aliphatic carbocycles. The van der Waals surface area contributed by atoms with Crippen molar-refractivity contribution in [1.82, 2.24) is 4.72 Å². The Hall–Kier alpha value is -2.45. The standard InChI is InChI=1S/C17H21NO6S/c1-21-13-5-4-6-15(11-13)24-10-9-18-25(19,20)17-8-7-14(22-2)12-16(17)23-3/h4-8,11-12,18H,9-10H2,1-3H3. The van der Waals surface area contributed by atoms with Gasteiger partial charge in [-0.2, -0.15) is 0 Å². The van der Waals surface area contributed by atoms with E-state index in [9.17, 15) is 8.42 Å². The Bertz CT molecular complexity index is 807. The molecule has 0 aromatic heterocycles. The van der Waals surface area contributed by atoms with E-state index in [1.807, 2.05) is 0 Å². The van der Waals surface area contributed by atoms with Crippen LogP contribution in [0.5, 0.6) is 23.0 Å². The number of hydrogen-bond acceptors (Lipinski definition) is 6. The molecular formula is C17H21NO6S. The molecule has 1 N–H and O–H groups in total. The lowest BCUT2D eigenvalue weighted by molar-refractivity contribution is 0.319. The zero-order valence-electron chi connectivity index (χ0n) is 14.3.